The van der Waals surface area contributed by atoms with Gasteiger partial charge in [-0.05, 0) is 55.3 Å². The molecular formula is C26H25N5O5S2. The van der Waals surface area contributed by atoms with Crippen LogP contribution < -0.4 is 15.4 Å². The maximum Gasteiger partial charge on any atom is 0.411 e. The first-order valence-corrected chi connectivity index (χ1v) is 14.0. The van der Waals surface area contributed by atoms with Gasteiger partial charge in [-0.1, -0.05) is 30.3 Å². The van der Waals surface area contributed by atoms with Gasteiger partial charge in [0.15, 0.2) is 0 Å². The van der Waals surface area contributed by atoms with Crippen molar-refractivity contribution in [3.8, 4) is 5.69 Å². The normalized spacial score (nSPS) is 18.4. The number of amides is 3. The first-order chi connectivity index (χ1) is 18.2. The van der Waals surface area contributed by atoms with Crippen LogP contribution in [-0.2, 0) is 20.3 Å². The lowest BCUT2D eigenvalue weighted by atomic mass is 10.1. The highest BCUT2D eigenvalue weighted by Gasteiger charge is 2.60. The zero-order valence-electron chi connectivity index (χ0n) is 20.5. The molecule has 0 saturated heterocycles. The number of anilines is 1. The fourth-order valence-corrected chi connectivity index (χ4v) is 6.66. The maximum absolute atomic E-state index is 13.1. The number of benzene rings is 2. The standard InChI is InChI=1S/C26H25N5O5S2/c1-17-8-13-22(37-17)38(34,35)30-24(32)29-26(16-21(26)18-6-4-3-5-7-18)23-27-14-15-31(23)20-11-9-19(10-12-20)28-25(33)36-2/h3-15,21H,16H2,1-2H3,(H,28,33)(H2,29,30,32)/t21-,26?/m1/s1. The topological polar surface area (TPSA) is 131 Å². The van der Waals surface area contributed by atoms with Crippen LogP contribution in [0.4, 0.5) is 15.3 Å². The molecule has 1 fully saturated rings. The minimum atomic E-state index is -4.03. The Morgan fingerprint density at radius 1 is 1.08 bits per heavy atom. The second-order valence-corrected chi connectivity index (χ2v) is 12.0. The van der Waals surface area contributed by atoms with Crippen molar-refractivity contribution in [2.75, 3.05) is 12.4 Å². The number of rotatable bonds is 7. The number of hydrogen-bond acceptors (Lipinski definition) is 7. The lowest BCUT2D eigenvalue weighted by molar-refractivity contribution is 0.187. The van der Waals surface area contributed by atoms with E-state index in [4.69, 9.17) is 0 Å². The molecule has 2 aromatic heterocycles. The monoisotopic (exact) mass is 551 g/mol. The number of nitrogens with one attached hydrogen (secondary N) is 3. The molecule has 3 amide bonds. The number of nitrogens with zero attached hydrogens (tertiary/aromatic N) is 2. The maximum atomic E-state index is 13.1. The van der Waals surface area contributed by atoms with Crippen LogP contribution in [0, 0.1) is 6.92 Å². The van der Waals surface area contributed by atoms with Crippen LogP contribution in [0.5, 0.6) is 0 Å². The van der Waals surface area contributed by atoms with Crippen LogP contribution in [0.15, 0.2) is 83.3 Å². The number of methoxy groups -OCH3 is 1. The van der Waals surface area contributed by atoms with Crippen molar-refractivity contribution in [1.82, 2.24) is 19.6 Å². The molecule has 2 heterocycles. The zero-order valence-corrected chi connectivity index (χ0v) is 22.2. The Balaban J connectivity index is 1.45. The van der Waals surface area contributed by atoms with Crippen molar-refractivity contribution in [2.45, 2.75) is 29.0 Å². The Bertz CT molecular complexity index is 1580. The average molecular weight is 552 g/mol. The molecule has 2 atom stereocenters. The van der Waals surface area contributed by atoms with Gasteiger partial charge in [-0.25, -0.2) is 27.7 Å². The summed E-state index contributed by atoms with van der Waals surface area (Å²) in [6.45, 7) is 1.80. The second-order valence-electron chi connectivity index (χ2n) is 8.85. The summed E-state index contributed by atoms with van der Waals surface area (Å²) in [7, 11) is -2.74. The first-order valence-electron chi connectivity index (χ1n) is 11.7. The molecule has 10 nitrogen and oxygen atoms in total. The first kappa shape index (κ1) is 25.5. The van der Waals surface area contributed by atoms with E-state index >= 15 is 0 Å². The number of carbonyl (C=O) groups is 2. The van der Waals surface area contributed by atoms with Crippen molar-refractivity contribution in [1.29, 1.82) is 0 Å². The van der Waals surface area contributed by atoms with Gasteiger partial charge in [-0.15, -0.1) is 11.3 Å². The van der Waals surface area contributed by atoms with Gasteiger partial charge in [0.2, 0.25) is 0 Å². The molecule has 1 aliphatic carbocycles. The highest BCUT2D eigenvalue weighted by atomic mass is 32.2. The molecule has 0 aliphatic heterocycles. The van der Waals surface area contributed by atoms with E-state index in [1.807, 2.05) is 34.9 Å². The van der Waals surface area contributed by atoms with Gasteiger partial charge in [-0.3, -0.25) is 5.32 Å². The zero-order chi connectivity index (χ0) is 26.9. The summed E-state index contributed by atoms with van der Waals surface area (Å²) in [5, 5.41) is 5.53. The van der Waals surface area contributed by atoms with Gasteiger partial charge in [-0.2, -0.15) is 0 Å². The minimum Gasteiger partial charge on any atom is -0.453 e. The lowest BCUT2D eigenvalue weighted by Crippen LogP contribution is -2.46. The molecule has 5 rings (SSSR count). The van der Waals surface area contributed by atoms with E-state index in [0.29, 0.717) is 17.9 Å². The molecular weight excluding hydrogens is 526 g/mol. The Morgan fingerprint density at radius 3 is 2.47 bits per heavy atom. The predicted molar refractivity (Wildman–Crippen MR) is 143 cm³/mol. The molecule has 38 heavy (non-hydrogen) atoms. The van der Waals surface area contributed by atoms with E-state index < -0.39 is 27.7 Å². The van der Waals surface area contributed by atoms with Crippen molar-refractivity contribution < 1.29 is 22.7 Å². The van der Waals surface area contributed by atoms with E-state index in [-0.39, 0.29) is 10.1 Å². The molecule has 1 unspecified atom stereocenters. The van der Waals surface area contributed by atoms with Gasteiger partial charge in [0, 0.05) is 34.6 Å². The molecule has 1 saturated carbocycles. The molecule has 2 aromatic carbocycles. The summed E-state index contributed by atoms with van der Waals surface area (Å²) in [5.41, 5.74) is 1.35. The molecule has 0 radical (unpaired) electrons. The molecule has 4 aromatic rings. The molecule has 196 valence electrons. The van der Waals surface area contributed by atoms with Crippen molar-refractivity contribution >= 4 is 39.2 Å². The van der Waals surface area contributed by atoms with Crippen LogP contribution in [0.25, 0.3) is 5.69 Å². The van der Waals surface area contributed by atoms with Gasteiger partial charge in [0.25, 0.3) is 10.0 Å². The molecule has 0 spiro atoms. The highest BCUT2D eigenvalue weighted by Crippen LogP contribution is 2.58. The van der Waals surface area contributed by atoms with E-state index in [1.165, 1.54) is 13.2 Å². The summed E-state index contributed by atoms with van der Waals surface area (Å²) in [4.78, 5) is 30.0. The highest BCUT2D eigenvalue weighted by molar-refractivity contribution is 7.92. The molecule has 1 aliphatic rings. The largest absolute Gasteiger partial charge is 0.453 e. The summed E-state index contributed by atoms with van der Waals surface area (Å²) in [6.07, 6.45) is 3.35. The summed E-state index contributed by atoms with van der Waals surface area (Å²) >= 11 is 1.09. The third-order valence-corrected chi connectivity index (χ3v) is 9.15. The Kier molecular flexibility index (Phi) is 6.67. The second kappa shape index (κ2) is 9.95. The number of sulfonamides is 1. The van der Waals surface area contributed by atoms with E-state index in [2.05, 4.69) is 25.1 Å². The number of thiophene rings is 1. The Hall–Kier alpha value is -4.16. The van der Waals surface area contributed by atoms with E-state index in [9.17, 15) is 18.0 Å². The SMILES string of the molecule is COC(=O)Nc1ccc(-n2ccnc2C2(NC(=O)NS(=O)(=O)c3ccc(C)s3)C[C@@H]2c2ccccc2)cc1. The number of ether oxygens (including phenoxy) is 1. The van der Waals surface area contributed by atoms with Crippen LogP contribution in [0.2, 0.25) is 0 Å². The van der Waals surface area contributed by atoms with Crippen LogP contribution >= 0.6 is 11.3 Å². The molecule has 3 N–H and O–H groups in total. The van der Waals surface area contributed by atoms with Gasteiger partial charge in [0.1, 0.15) is 15.6 Å². The lowest BCUT2D eigenvalue weighted by Gasteiger charge is -2.21. The van der Waals surface area contributed by atoms with Gasteiger partial charge >= 0.3 is 12.1 Å². The van der Waals surface area contributed by atoms with Crippen LogP contribution in [0.1, 0.15) is 28.6 Å². The Labute approximate surface area is 223 Å². The van der Waals surface area contributed by atoms with E-state index in [0.717, 1.165) is 27.5 Å². The van der Waals surface area contributed by atoms with Crippen LogP contribution in [0.3, 0.4) is 0 Å². The third kappa shape index (κ3) is 5.00. The van der Waals surface area contributed by atoms with Crippen molar-refractivity contribution in [3.63, 3.8) is 0 Å². The summed E-state index contributed by atoms with van der Waals surface area (Å²) in [5.74, 6) is 0.432. The van der Waals surface area contributed by atoms with Gasteiger partial charge in [0.05, 0.1) is 7.11 Å². The average Bonchev–Trinajstić information content (AvgIpc) is 3.22. The number of aryl methyl sites for hydroxylation is 1. The Morgan fingerprint density at radius 2 is 1.82 bits per heavy atom. The number of aromatic nitrogens is 2. The third-order valence-electron chi connectivity index (χ3n) is 6.32. The number of imidazole rings is 1. The predicted octanol–water partition coefficient (Wildman–Crippen LogP) is 4.49. The fraction of sp³-hybridized carbons (Fsp3) is 0.192. The smallest absolute Gasteiger partial charge is 0.411 e. The van der Waals surface area contributed by atoms with E-state index in [1.54, 1.807) is 49.6 Å². The minimum absolute atomic E-state index is 0.0664. The molecule has 0 bridgehead atoms. The van der Waals surface area contributed by atoms with Gasteiger partial charge < -0.3 is 14.6 Å². The number of urea groups is 1. The number of hydrogen-bond donors (Lipinski definition) is 3. The fourth-order valence-electron chi connectivity index (χ4n) is 4.47. The summed E-state index contributed by atoms with van der Waals surface area (Å²) in [6, 6.07) is 19.1. The molecule has 12 heteroatoms. The van der Waals surface area contributed by atoms with Crippen molar-refractivity contribution in [2.24, 2.45) is 0 Å². The van der Waals surface area contributed by atoms with Crippen LogP contribution in [-0.4, -0.2) is 37.2 Å². The quantitative estimate of drug-likeness (QED) is 0.310. The number of carbonyl (C=O) groups excluding carboxylic acids is 2. The summed E-state index contributed by atoms with van der Waals surface area (Å²) < 4.78 is 34.3. The van der Waals surface area contributed by atoms with Crippen molar-refractivity contribution in [3.05, 3.63) is 95.4 Å².